The fraction of sp³-hybridized carbons (Fsp3) is 0.417. The molecule has 0 aliphatic carbocycles. The van der Waals surface area contributed by atoms with Crippen molar-refractivity contribution < 1.29 is 0 Å². The Morgan fingerprint density at radius 3 is 2.87 bits per heavy atom. The van der Waals surface area contributed by atoms with Crippen molar-refractivity contribution in [1.82, 2.24) is 0 Å². The molecule has 0 spiro atoms. The summed E-state index contributed by atoms with van der Waals surface area (Å²) in [6.45, 7) is 0.976. The Kier molecular flexibility index (Phi) is 3.67. The molecule has 1 aromatic rings. The van der Waals surface area contributed by atoms with E-state index in [9.17, 15) is 0 Å². The molecular weight excluding hydrogens is 204 g/mol. The molecule has 0 unspecified atom stereocenters. The lowest BCUT2D eigenvalue weighted by Crippen LogP contribution is -2.16. The Hall–Kier alpha value is -0.960. The molecule has 0 saturated heterocycles. The number of hydrogen-bond acceptors (Lipinski definition) is 3. The first-order chi connectivity index (χ1) is 7.40. The number of nitrogens with zero attached hydrogens (tertiary/aromatic N) is 1. The fourth-order valence-corrected chi connectivity index (χ4v) is 2.26. The molecule has 0 fully saturated rings. The van der Waals surface area contributed by atoms with Crippen molar-refractivity contribution in [3.63, 3.8) is 0 Å². The molecule has 0 atom stereocenters. The van der Waals surface area contributed by atoms with Crippen LogP contribution in [0.5, 0.6) is 0 Å². The molecule has 2 nitrogen and oxygen atoms in total. The molecule has 1 N–H and O–H groups in total. The summed E-state index contributed by atoms with van der Waals surface area (Å²) in [5.41, 5.74) is 1.19. The summed E-state index contributed by atoms with van der Waals surface area (Å²) in [5.74, 6) is 1.14. The monoisotopic (exact) mass is 220 g/mol. The van der Waals surface area contributed by atoms with Gasteiger partial charge >= 0.3 is 0 Å². The van der Waals surface area contributed by atoms with Gasteiger partial charge in [-0.2, -0.15) is 0 Å². The lowest BCUT2D eigenvalue weighted by molar-refractivity contribution is 0.736. The standard InChI is InChI=1S/C12H16N2S/c1-15-11-7-3-2-6-10(11)14-12-8-4-5-9-13-12/h2-3,6-7H,4-5,8-9H2,1H3,(H,13,14). The molecule has 0 radical (unpaired) electrons. The second kappa shape index (κ2) is 5.21. The third-order valence-corrected chi connectivity index (χ3v) is 3.31. The number of anilines is 1. The van der Waals surface area contributed by atoms with E-state index in [1.165, 1.54) is 23.4 Å². The summed E-state index contributed by atoms with van der Waals surface area (Å²) in [6.07, 6.45) is 5.68. The van der Waals surface area contributed by atoms with E-state index >= 15 is 0 Å². The highest BCUT2D eigenvalue weighted by molar-refractivity contribution is 7.98. The second-order valence-corrected chi connectivity index (χ2v) is 4.46. The first kappa shape index (κ1) is 10.6. The van der Waals surface area contributed by atoms with Crippen molar-refractivity contribution in [1.29, 1.82) is 0 Å². The van der Waals surface area contributed by atoms with Gasteiger partial charge in [0.1, 0.15) is 5.84 Å². The van der Waals surface area contributed by atoms with E-state index in [0.717, 1.165) is 18.8 Å². The number of para-hydroxylation sites is 1. The Morgan fingerprint density at radius 1 is 1.27 bits per heavy atom. The molecule has 2 rings (SSSR count). The lowest BCUT2D eigenvalue weighted by Gasteiger charge is -2.15. The molecule has 0 amide bonds. The average Bonchev–Trinajstić information content (AvgIpc) is 2.31. The molecule has 1 aliphatic heterocycles. The van der Waals surface area contributed by atoms with E-state index in [1.807, 2.05) is 0 Å². The van der Waals surface area contributed by atoms with Crippen LogP contribution in [0.4, 0.5) is 5.69 Å². The van der Waals surface area contributed by atoms with Crippen LogP contribution in [0.25, 0.3) is 0 Å². The zero-order valence-corrected chi connectivity index (χ0v) is 9.81. The van der Waals surface area contributed by atoms with Gasteiger partial charge in [-0.05, 0) is 31.2 Å². The highest BCUT2D eigenvalue weighted by Crippen LogP contribution is 2.25. The molecular formula is C12H16N2S. The molecule has 0 aromatic heterocycles. The van der Waals surface area contributed by atoms with E-state index in [-0.39, 0.29) is 0 Å². The van der Waals surface area contributed by atoms with Crippen LogP contribution in [-0.4, -0.2) is 18.6 Å². The van der Waals surface area contributed by atoms with Gasteiger partial charge in [0.2, 0.25) is 0 Å². The fourth-order valence-electron chi connectivity index (χ4n) is 1.70. The van der Waals surface area contributed by atoms with Crippen molar-refractivity contribution in [2.45, 2.75) is 24.2 Å². The van der Waals surface area contributed by atoms with Gasteiger partial charge in [-0.3, -0.25) is 4.99 Å². The van der Waals surface area contributed by atoms with Crippen LogP contribution in [0.2, 0.25) is 0 Å². The van der Waals surface area contributed by atoms with Gasteiger partial charge in [0, 0.05) is 17.9 Å². The van der Waals surface area contributed by atoms with Crippen LogP contribution < -0.4 is 5.32 Å². The van der Waals surface area contributed by atoms with Crippen LogP contribution in [-0.2, 0) is 0 Å². The van der Waals surface area contributed by atoms with E-state index in [4.69, 9.17) is 0 Å². The number of hydrogen-bond donors (Lipinski definition) is 1. The maximum Gasteiger partial charge on any atom is 0.101 e. The topological polar surface area (TPSA) is 24.4 Å². The largest absolute Gasteiger partial charge is 0.343 e. The molecule has 3 heteroatoms. The number of amidine groups is 1. The third-order valence-electron chi connectivity index (χ3n) is 2.51. The van der Waals surface area contributed by atoms with Gasteiger partial charge in [0.15, 0.2) is 0 Å². The smallest absolute Gasteiger partial charge is 0.101 e. The van der Waals surface area contributed by atoms with Crippen LogP contribution in [0.15, 0.2) is 34.2 Å². The van der Waals surface area contributed by atoms with Crippen molar-refractivity contribution in [2.24, 2.45) is 4.99 Å². The summed E-state index contributed by atoms with van der Waals surface area (Å²) in [4.78, 5) is 5.78. The van der Waals surface area contributed by atoms with Gasteiger partial charge in [-0.15, -0.1) is 11.8 Å². The summed E-state index contributed by atoms with van der Waals surface area (Å²) in [6, 6.07) is 8.38. The van der Waals surface area contributed by atoms with Gasteiger partial charge in [0.05, 0.1) is 5.69 Å². The first-order valence-electron chi connectivity index (χ1n) is 5.33. The predicted octanol–water partition coefficient (Wildman–Crippen LogP) is 3.40. The summed E-state index contributed by atoms with van der Waals surface area (Å²) < 4.78 is 0. The van der Waals surface area contributed by atoms with E-state index in [0.29, 0.717) is 0 Å². The minimum absolute atomic E-state index is 0.976. The van der Waals surface area contributed by atoms with Crippen LogP contribution in [0.3, 0.4) is 0 Å². The van der Waals surface area contributed by atoms with Crippen molar-refractivity contribution in [2.75, 3.05) is 18.1 Å². The Labute approximate surface area is 95.2 Å². The normalized spacial score (nSPS) is 15.9. The van der Waals surface area contributed by atoms with Gasteiger partial charge in [0.25, 0.3) is 0 Å². The highest BCUT2D eigenvalue weighted by Gasteiger charge is 2.07. The molecule has 80 valence electrons. The van der Waals surface area contributed by atoms with Crippen LogP contribution in [0.1, 0.15) is 19.3 Å². The van der Waals surface area contributed by atoms with Crippen LogP contribution >= 0.6 is 11.8 Å². The third kappa shape index (κ3) is 2.75. The molecule has 0 saturated carbocycles. The Morgan fingerprint density at radius 2 is 2.13 bits per heavy atom. The minimum Gasteiger partial charge on any atom is -0.343 e. The minimum atomic E-state index is 0.976. The van der Waals surface area contributed by atoms with Gasteiger partial charge < -0.3 is 5.32 Å². The molecule has 1 heterocycles. The molecule has 1 aromatic carbocycles. The van der Waals surface area contributed by atoms with E-state index in [2.05, 4.69) is 40.8 Å². The highest BCUT2D eigenvalue weighted by atomic mass is 32.2. The van der Waals surface area contributed by atoms with Gasteiger partial charge in [-0.1, -0.05) is 12.1 Å². The van der Waals surface area contributed by atoms with E-state index in [1.54, 1.807) is 11.8 Å². The molecule has 1 aliphatic rings. The summed E-state index contributed by atoms with van der Waals surface area (Å²) in [7, 11) is 0. The van der Waals surface area contributed by atoms with E-state index < -0.39 is 0 Å². The summed E-state index contributed by atoms with van der Waals surface area (Å²) >= 11 is 1.77. The maximum atomic E-state index is 4.50. The Bertz CT molecular complexity index is 360. The Balaban J connectivity index is 2.12. The second-order valence-electron chi connectivity index (χ2n) is 3.61. The van der Waals surface area contributed by atoms with Crippen molar-refractivity contribution in [3.8, 4) is 0 Å². The predicted molar refractivity (Wildman–Crippen MR) is 68.0 cm³/mol. The molecule has 0 bridgehead atoms. The number of aliphatic imine (C=N–C) groups is 1. The number of nitrogens with one attached hydrogen (secondary N) is 1. The number of thioether (sulfide) groups is 1. The zero-order chi connectivity index (χ0) is 10.5. The zero-order valence-electron chi connectivity index (χ0n) is 8.99. The number of benzene rings is 1. The van der Waals surface area contributed by atoms with Gasteiger partial charge in [-0.25, -0.2) is 0 Å². The SMILES string of the molecule is CSc1ccccc1NC1=NCCCC1. The molecule has 15 heavy (non-hydrogen) atoms. The van der Waals surface area contributed by atoms with Crippen molar-refractivity contribution in [3.05, 3.63) is 24.3 Å². The number of rotatable bonds is 2. The average molecular weight is 220 g/mol. The first-order valence-corrected chi connectivity index (χ1v) is 6.56. The quantitative estimate of drug-likeness (QED) is 0.772. The lowest BCUT2D eigenvalue weighted by atomic mass is 10.2. The van der Waals surface area contributed by atoms with Crippen LogP contribution in [0, 0.1) is 0 Å². The van der Waals surface area contributed by atoms with Crippen molar-refractivity contribution >= 4 is 23.3 Å². The summed E-state index contributed by atoms with van der Waals surface area (Å²) in [5, 5.41) is 3.43. The maximum absolute atomic E-state index is 4.50.